The molecule has 0 radical (unpaired) electrons. The number of hydrogen-bond acceptors (Lipinski definition) is 2. The quantitative estimate of drug-likeness (QED) is 0.208. The van der Waals surface area contributed by atoms with Gasteiger partial charge in [0.25, 0.3) is 0 Å². The molecule has 25 heavy (non-hydrogen) atoms. The first-order chi connectivity index (χ1) is 12.0. The summed E-state index contributed by atoms with van der Waals surface area (Å²) < 4.78 is 27.8. The van der Waals surface area contributed by atoms with Crippen LogP contribution in [0.4, 0.5) is 8.78 Å². The molecule has 0 aliphatic rings. The monoisotopic (exact) mass is 479 g/mol. The Morgan fingerprint density at radius 3 is 1.88 bits per heavy atom. The van der Waals surface area contributed by atoms with Gasteiger partial charge in [-0.05, 0) is 50.6 Å². The van der Waals surface area contributed by atoms with Crippen molar-refractivity contribution in [2.45, 2.75) is 71.8 Å². The first-order valence-corrected chi connectivity index (χ1v) is 10.6. The van der Waals surface area contributed by atoms with Gasteiger partial charge in [-0.2, -0.15) is 15.0 Å². The van der Waals surface area contributed by atoms with E-state index in [0.29, 0.717) is 23.5 Å². The molecule has 0 bridgehead atoms. The highest BCUT2D eigenvalue weighted by Gasteiger charge is 2.22. The van der Waals surface area contributed by atoms with Gasteiger partial charge in [0.15, 0.2) is 11.6 Å². The summed E-state index contributed by atoms with van der Waals surface area (Å²) in [5.74, 6) is -1.38. The number of nitrogens with zero attached hydrogens (tertiary/aromatic N) is 3. The first kappa shape index (κ1) is 20.7. The molecule has 3 nitrogen and oxygen atoms in total. The lowest BCUT2D eigenvalue weighted by atomic mass is 9.95. The zero-order valence-corrected chi connectivity index (χ0v) is 18.0. The molecule has 0 aliphatic carbocycles. The Kier molecular flexibility index (Phi) is 8.26. The largest absolute Gasteiger partial charge is 0.202 e. The molecule has 1 aromatic heterocycles. The minimum absolute atomic E-state index is 0.0301. The van der Waals surface area contributed by atoms with Gasteiger partial charge in [0.05, 0.1) is 15.5 Å². The van der Waals surface area contributed by atoms with E-state index in [9.17, 15) is 8.78 Å². The molecule has 0 aliphatic heterocycles. The van der Waals surface area contributed by atoms with Crippen LogP contribution in [-0.2, 0) is 6.54 Å². The fourth-order valence-corrected chi connectivity index (χ4v) is 3.92. The molecular formula is C18H25Br2F2N3. The van der Waals surface area contributed by atoms with Crippen molar-refractivity contribution in [2.24, 2.45) is 5.92 Å². The van der Waals surface area contributed by atoms with Crippen molar-refractivity contribution < 1.29 is 8.78 Å². The van der Waals surface area contributed by atoms with E-state index < -0.39 is 11.6 Å². The van der Waals surface area contributed by atoms with E-state index in [0.717, 1.165) is 19.3 Å². The lowest BCUT2D eigenvalue weighted by Gasteiger charge is -2.15. The molecule has 1 aromatic carbocycles. The number of benzene rings is 1. The highest BCUT2D eigenvalue weighted by atomic mass is 79.9. The normalized spacial score (nSPS) is 12.9. The highest BCUT2D eigenvalue weighted by Crippen LogP contribution is 2.33. The zero-order valence-electron chi connectivity index (χ0n) is 14.8. The summed E-state index contributed by atoms with van der Waals surface area (Å²) in [6, 6.07) is 0. The van der Waals surface area contributed by atoms with Crippen molar-refractivity contribution in [3.63, 3.8) is 0 Å². The molecule has 2 rings (SSSR count). The molecule has 1 unspecified atom stereocenters. The molecule has 0 N–H and O–H groups in total. The fraction of sp³-hybridized carbons (Fsp3) is 0.667. The van der Waals surface area contributed by atoms with Gasteiger partial charge >= 0.3 is 0 Å². The summed E-state index contributed by atoms with van der Waals surface area (Å²) in [7, 11) is 0. The topological polar surface area (TPSA) is 30.7 Å². The second-order valence-electron chi connectivity index (χ2n) is 6.57. The van der Waals surface area contributed by atoms with Gasteiger partial charge in [0.2, 0.25) is 0 Å². The molecule has 2 aromatic rings. The average molecular weight is 481 g/mol. The third-order valence-electron chi connectivity index (χ3n) is 4.50. The second-order valence-corrected chi connectivity index (χ2v) is 8.15. The van der Waals surface area contributed by atoms with Crippen LogP contribution in [0.1, 0.15) is 65.2 Å². The maximum absolute atomic E-state index is 13.9. The van der Waals surface area contributed by atoms with E-state index >= 15 is 0 Å². The Bertz CT molecular complexity index is 658. The van der Waals surface area contributed by atoms with Crippen LogP contribution < -0.4 is 0 Å². The van der Waals surface area contributed by atoms with E-state index in [1.807, 2.05) is 0 Å². The minimum Gasteiger partial charge on any atom is -0.202 e. The molecule has 0 saturated heterocycles. The number of unbranched alkanes of at least 4 members (excludes halogenated alkanes) is 4. The summed E-state index contributed by atoms with van der Waals surface area (Å²) in [5, 5.41) is 8.78. The maximum Gasteiger partial charge on any atom is 0.176 e. The van der Waals surface area contributed by atoms with Crippen LogP contribution in [-0.4, -0.2) is 15.0 Å². The smallest absolute Gasteiger partial charge is 0.176 e. The van der Waals surface area contributed by atoms with Gasteiger partial charge < -0.3 is 0 Å². The Morgan fingerprint density at radius 1 is 0.840 bits per heavy atom. The molecule has 0 amide bonds. The van der Waals surface area contributed by atoms with Gasteiger partial charge in [0, 0.05) is 0 Å². The summed E-state index contributed by atoms with van der Waals surface area (Å²) in [5.41, 5.74) is 0.706. The Balaban J connectivity index is 2.17. The Labute approximate surface area is 164 Å². The summed E-state index contributed by atoms with van der Waals surface area (Å²) in [6.07, 6.45) is 9.56. The molecule has 0 saturated carbocycles. The van der Waals surface area contributed by atoms with Gasteiger partial charge in [0.1, 0.15) is 11.0 Å². The number of aromatic nitrogens is 3. The number of hydrogen-bond donors (Lipinski definition) is 0. The van der Waals surface area contributed by atoms with E-state index in [2.05, 4.69) is 55.9 Å². The third-order valence-corrected chi connectivity index (χ3v) is 5.95. The van der Waals surface area contributed by atoms with Crippen molar-refractivity contribution in [1.82, 2.24) is 15.0 Å². The van der Waals surface area contributed by atoms with E-state index in [1.165, 1.54) is 32.1 Å². The minimum atomic E-state index is -0.937. The van der Waals surface area contributed by atoms with E-state index in [-0.39, 0.29) is 8.95 Å². The molecule has 0 spiro atoms. The third kappa shape index (κ3) is 5.22. The first-order valence-electron chi connectivity index (χ1n) is 9.06. The average Bonchev–Trinajstić information content (AvgIpc) is 3.03. The van der Waals surface area contributed by atoms with Crippen molar-refractivity contribution in [3.05, 3.63) is 20.6 Å². The SMILES string of the molecule is CCCCCCC(CCCC)Cn1nc2c(Br)c(F)c(F)c(Br)c2n1. The van der Waals surface area contributed by atoms with Crippen LogP contribution in [0.3, 0.4) is 0 Å². The van der Waals surface area contributed by atoms with Crippen LogP contribution in [0.15, 0.2) is 8.95 Å². The molecule has 1 atom stereocenters. The molecule has 1 heterocycles. The van der Waals surface area contributed by atoms with Gasteiger partial charge in [-0.3, -0.25) is 0 Å². The van der Waals surface area contributed by atoms with Crippen molar-refractivity contribution in [3.8, 4) is 0 Å². The summed E-state index contributed by atoms with van der Waals surface area (Å²) >= 11 is 6.19. The van der Waals surface area contributed by atoms with Crippen molar-refractivity contribution in [1.29, 1.82) is 0 Å². The van der Waals surface area contributed by atoms with Gasteiger partial charge in [-0.15, -0.1) is 0 Å². The predicted octanol–water partition coefficient (Wildman–Crippen LogP) is 7.01. The fourth-order valence-electron chi connectivity index (χ4n) is 3.04. The summed E-state index contributed by atoms with van der Waals surface area (Å²) in [6.45, 7) is 5.08. The molecule has 140 valence electrons. The maximum atomic E-state index is 13.9. The number of fused-ring (bicyclic) bond motifs is 1. The van der Waals surface area contributed by atoms with E-state index in [4.69, 9.17) is 0 Å². The summed E-state index contributed by atoms with van der Waals surface area (Å²) in [4.78, 5) is 1.60. The molecular weight excluding hydrogens is 456 g/mol. The number of halogens is 4. The Hall–Kier alpha value is -0.560. The van der Waals surface area contributed by atoms with Crippen LogP contribution in [0.25, 0.3) is 11.0 Å². The van der Waals surface area contributed by atoms with Crippen LogP contribution >= 0.6 is 31.9 Å². The van der Waals surface area contributed by atoms with Crippen LogP contribution in [0.5, 0.6) is 0 Å². The molecule has 7 heteroatoms. The lowest BCUT2D eigenvalue weighted by Crippen LogP contribution is -2.13. The molecule has 0 fully saturated rings. The predicted molar refractivity (Wildman–Crippen MR) is 105 cm³/mol. The second kappa shape index (κ2) is 9.95. The van der Waals surface area contributed by atoms with E-state index in [1.54, 1.807) is 4.80 Å². The van der Waals surface area contributed by atoms with Crippen molar-refractivity contribution in [2.75, 3.05) is 0 Å². The lowest BCUT2D eigenvalue weighted by molar-refractivity contribution is 0.330. The number of rotatable bonds is 10. The zero-order chi connectivity index (χ0) is 18.4. The standard InChI is InChI=1S/C18H25Br2F2N3/c1-3-5-7-8-10-12(9-6-4-2)11-25-23-17-13(19)15(21)16(22)14(20)18(17)24-25/h12H,3-11H2,1-2H3. The van der Waals surface area contributed by atoms with Crippen molar-refractivity contribution >= 4 is 42.9 Å². The Morgan fingerprint density at radius 2 is 1.36 bits per heavy atom. The van der Waals surface area contributed by atoms with Gasteiger partial charge in [-0.25, -0.2) is 8.78 Å². The van der Waals surface area contributed by atoms with Crippen LogP contribution in [0.2, 0.25) is 0 Å². The van der Waals surface area contributed by atoms with Gasteiger partial charge in [-0.1, -0.05) is 52.4 Å². The van der Waals surface area contributed by atoms with Crippen LogP contribution in [0, 0.1) is 17.6 Å². The highest BCUT2D eigenvalue weighted by molar-refractivity contribution is 9.11.